The van der Waals surface area contributed by atoms with Crippen LogP contribution in [0.25, 0.3) is 0 Å². The SMILES string of the molecule is COCCN1CCC(NC(=O)C2CCCN2)C1.Cl.Cl. The smallest absolute Gasteiger partial charge is 0.237 e. The molecule has 0 radical (unpaired) electrons. The van der Waals surface area contributed by atoms with Crippen LogP contribution in [0, 0.1) is 0 Å². The lowest BCUT2D eigenvalue weighted by Crippen LogP contribution is -2.46. The maximum atomic E-state index is 11.9. The zero-order chi connectivity index (χ0) is 12.1. The molecular formula is C12H25Cl2N3O2. The Balaban J connectivity index is 0.00000162. The number of ether oxygens (including phenoxy) is 1. The third-order valence-corrected chi connectivity index (χ3v) is 3.61. The number of rotatable bonds is 5. The van der Waals surface area contributed by atoms with Crippen LogP contribution in [0.1, 0.15) is 19.3 Å². The fourth-order valence-corrected chi connectivity index (χ4v) is 2.58. The third-order valence-electron chi connectivity index (χ3n) is 3.61. The van der Waals surface area contributed by atoms with Crippen molar-refractivity contribution in [2.45, 2.75) is 31.3 Å². The van der Waals surface area contributed by atoms with Crippen molar-refractivity contribution in [2.24, 2.45) is 0 Å². The maximum absolute atomic E-state index is 11.9. The Morgan fingerprint density at radius 2 is 2.21 bits per heavy atom. The highest BCUT2D eigenvalue weighted by atomic mass is 35.5. The van der Waals surface area contributed by atoms with Gasteiger partial charge in [-0.2, -0.15) is 0 Å². The normalized spacial score (nSPS) is 26.6. The highest BCUT2D eigenvalue weighted by Gasteiger charge is 2.27. The summed E-state index contributed by atoms with van der Waals surface area (Å²) < 4.78 is 5.06. The monoisotopic (exact) mass is 313 g/mol. The van der Waals surface area contributed by atoms with Crippen molar-refractivity contribution >= 4 is 30.7 Å². The first kappa shape index (κ1) is 18.9. The molecule has 2 aliphatic heterocycles. The van der Waals surface area contributed by atoms with E-state index in [1.165, 1.54) is 0 Å². The van der Waals surface area contributed by atoms with Gasteiger partial charge in [-0.15, -0.1) is 24.8 Å². The van der Waals surface area contributed by atoms with E-state index >= 15 is 0 Å². The number of nitrogens with one attached hydrogen (secondary N) is 2. The predicted molar refractivity (Wildman–Crippen MR) is 80.4 cm³/mol. The zero-order valence-electron chi connectivity index (χ0n) is 11.4. The van der Waals surface area contributed by atoms with E-state index in [1.807, 2.05) is 0 Å². The van der Waals surface area contributed by atoms with Crippen molar-refractivity contribution in [3.63, 3.8) is 0 Å². The number of carbonyl (C=O) groups excluding carboxylic acids is 1. The number of hydrogen-bond acceptors (Lipinski definition) is 4. The number of nitrogens with zero attached hydrogens (tertiary/aromatic N) is 1. The average molecular weight is 314 g/mol. The standard InChI is InChI=1S/C12H23N3O2.2ClH/c1-17-8-7-15-6-4-10(9-15)14-12(16)11-3-2-5-13-11;;/h10-11,13H,2-9H2,1H3,(H,14,16);2*1H. The van der Waals surface area contributed by atoms with Crippen molar-refractivity contribution in [1.29, 1.82) is 0 Å². The molecule has 0 aliphatic carbocycles. The quantitative estimate of drug-likeness (QED) is 0.772. The molecule has 2 atom stereocenters. The van der Waals surface area contributed by atoms with Gasteiger partial charge in [-0.3, -0.25) is 9.69 Å². The molecule has 2 unspecified atom stereocenters. The molecule has 19 heavy (non-hydrogen) atoms. The molecule has 2 saturated heterocycles. The van der Waals surface area contributed by atoms with Gasteiger partial charge in [-0.25, -0.2) is 0 Å². The minimum absolute atomic E-state index is 0. The van der Waals surface area contributed by atoms with Gasteiger partial charge >= 0.3 is 0 Å². The van der Waals surface area contributed by atoms with E-state index in [9.17, 15) is 4.79 Å². The van der Waals surface area contributed by atoms with Gasteiger partial charge in [-0.1, -0.05) is 0 Å². The molecule has 0 aromatic heterocycles. The van der Waals surface area contributed by atoms with Crippen LogP contribution in [0.5, 0.6) is 0 Å². The minimum atomic E-state index is 0. The molecule has 0 aromatic rings. The van der Waals surface area contributed by atoms with Crippen LogP contribution in [0.15, 0.2) is 0 Å². The summed E-state index contributed by atoms with van der Waals surface area (Å²) in [6, 6.07) is 0.366. The number of amides is 1. The summed E-state index contributed by atoms with van der Waals surface area (Å²) in [4.78, 5) is 14.2. The largest absolute Gasteiger partial charge is 0.383 e. The fourth-order valence-electron chi connectivity index (χ4n) is 2.58. The Morgan fingerprint density at radius 3 is 2.84 bits per heavy atom. The minimum Gasteiger partial charge on any atom is -0.383 e. The van der Waals surface area contributed by atoms with E-state index in [0.717, 1.165) is 52.0 Å². The van der Waals surface area contributed by atoms with E-state index in [2.05, 4.69) is 15.5 Å². The van der Waals surface area contributed by atoms with Gasteiger partial charge in [0, 0.05) is 32.8 Å². The molecule has 0 saturated carbocycles. The second-order valence-corrected chi connectivity index (χ2v) is 4.94. The van der Waals surface area contributed by atoms with Crippen LogP contribution in [0.3, 0.4) is 0 Å². The van der Waals surface area contributed by atoms with Crippen molar-refractivity contribution in [1.82, 2.24) is 15.5 Å². The molecule has 0 spiro atoms. The Kier molecular flexibility index (Phi) is 9.74. The molecule has 2 heterocycles. The second kappa shape index (κ2) is 9.77. The third kappa shape index (κ3) is 5.83. The van der Waals surface area contributed by atoms with E-state index in [1.54, 1.807) is 7.11 Å². The van der Waals surface area contributed by atoms with Gasteiger partial charge in [0.15, 0.2) is 0 Å². The van der Waals surface area contributed by atoms with Crippen LogP contribution in [-0.4, -0.2) is 62.8 Å². The van der Waals surface area contributed by atoms with Gasteiger partial charge in [0.05, 0.1) is 12.6 Å². The average Bonchev–Trinajstić information content (AvgIpc) is 2.97. The Bertz CT molecular complexity index is 263. The summed E-state index contributed by atoms with van der Waals surface area (Å²) in [6.45, 7) is 4.73. The highest BCUT2D eigenvalue weighted by Crippen LogP contribution is 2.10. The summed E-state index contributed by atoms with van der Waals surface area (Å²) in [5.41, 5.74) is 0. The molecule has 2 fully saturated rings. The summed E-state index contributed by atoms with van der Waals surface area (Å²) in [6.07, 6.45) is 3.15. The fraction of sp³-hybridized carbons (Fsp3) is 0.917. The summed E-state index contributed by atoms with van der Waals surface area (Å²) in [7, 11) is 1.72. The Hall–Kier alpha value is -0.0700. The van der Waals surface area contributed by atoms with Crippen molar-refractivity contribution in [3.05, 3.63) is 0 Å². The lowest BCUT2D eigenvalue weighted by Gasteiger charge is -2.18. The van der Waals surface area contributed by atoms with Crippen molar-refractivity contribution < 1.29 is 9.53 Å². The summed E-state index contributed by atoms with van der Waals surface area (Å²) in [5.74, 6) is 0.182. The number of hydrogen-bond donors (Lipinski definition) is 2. The number of halogens is 2. The van der Waals surface area contributed by atoms with Gasteiger partial charge < -0.3 is 15.4 Å². The Labute approximate surface area is 127 Å². The molecule has 2 N–H and O–H groups in total. The molecule has 1 amide bonds. The summed E-state index contributed by atoms with van der Waals surface area (Å²) in [5, 5.41) is 6.37. The van der Waals surface area contributed by atoms with Crippen LogP contribution in [-0.2, 0) is 9.53 Å². The van der Waals surface area contributed by atoms with Crippen molar-refractivity contribution in [3.8, 4) is 0 Å². The van der Waals surface area contributed by atoms with Gasteiger partial charge in [0.1, 0.15) is 0 Å². The summed E-state index contributed by atoms with van der Waals surface area (Å²) >= 11 is 0. The van der Waals surface area contributed by atoms with Gasteiger partial charge in [0.2, 0.25) is 5.91 Å². The van der Waals surface area contributed by atoms with Crippen LogP contribution >= 0.6 is 24.8 Å². The highest BCUT2D eigenvalue weighted by molar-refractivity contribution is 5.85. The molecule has 2 aliphatic rings. The molecule has 5 nitrogen and oxygen atoms in total. The first-order valence-corrected chi connectivity index (χ1v) is 6.54. The van der Waals surface area contributed by atoms with Crippen molar-refractivity contribution in [2.75, 3.05) is 39.9 Å². The lowest BCUT2D eigenvalue weighted by molar-refractivity contribution is -0.123. The van der Waals surface area contributed by atoms with E-state index < -0.39 is 0 Å². The molecule has 114 valence electrons. The maximum Gasteiger partial charge on any atom is 0.237 e. The van der Waals surface area contributed by atoms with E-state index in [4.69, 9.17) is 4.74 Å². The van der Waals surface area contributed by atoms with Gasteiger partial charge in [0.25, 0.3) is 0 Å². The van der Waals surface area contributed by atoms with Gasteiger partial charge in [-0.05, 0) is 25.8 Å². The topological polar surface area (TPSA) is 53.6 Å². The lowest BCUT2D eigenvalue weighted by atomic mass is 10.2. The molecule has 2 rings (SSSR count). The van der Waals surface area contributed by atoms with E-state index in [0.29, 0.717) is 6.04 Å². The number of carbonyl (C=O) groups is 1. The van der Waals surface area contributed by atoms with Crippen LogP contribution in [0.2, 0.25) is 0 Å². The second-order valence-electron chi connectivity index (χ2n) is 4.94. The predicted octanol–water partition coefficient (Wildman–Crippen LogP) is 0.419. The van der Waals surface area contributed by atoms with Crippen LogP contribution in [0.4, 0.5) is 0 Å². The van der Waals surface area contributed by atoms with Crippen LogP contribution < -0.4 is 10.6 Å². The first-order chi connectivity index (χ1) is 8.29. The zero-order valence-corrected chi connectivity index (χ0v) is 13.0. The molecule has 0 aromatic carbocycles. The number of likely N-dealkylation sites (tertiary alicyclic amines) is 1. The Morgan fingerprint density at radius 1 is 1.42 bits per heavy atom. The molecule has 7 heteroatoms. The number of methoxy groups -OCH3 is 1. The molecular weight excluding hydrogens is 289 g/mol. The van der Waals surface area contributed by atoms with E-state index in [-0.39, 0.29) is 36.8 Å². The molecule has 0 bridgehead atoms. The first-order valence-electron chi connectivity index (χ1n) is 6.54.